The van der Waals surface area contributed by atoms with Crippen LogP contribution < -0.4 is 6.15 Å². The summed E-state index contributed by atoms with van der Waals surface area (Å²) in [5.41, 5.74) is 0. The van der Waals surface area contributed by atoms with Gasteiger partial charge in [0.2, 0.25) is 0 Å². The topological polar surface area (TPSA) is 52.1 Å². The molecule has 0 fully saturated rings. The molecule has 0 amide bonds. The lowest BCUT2D eigenvalue weighted by Gasteiger charge is -1.76. The maximum Gasteiger partial charge on any atom is 0.169 e. The largest absolute Gasteiger partial charge is 0.482 e. The van der Waals surface area contributed by atoms with Crippen molar-refractivity contribution in [2.45, 2.75) is 0 Å². The van der Waals surface area contributed by atoms with E-state index in [0.717, 1.165) is 13.2 Å². The highest BCUT2D eigenvalue weighted by Gasteiger charge is 1.84. The predicted molar refractivity (Wildman–Crippen MR) is 21.4 cm³/mol. The van der Waals surface area contributed by atoms with E-state index in [1.54, 1.807) is 0 Å². The highest BCUT2D eigenvalue weighted by atomic mass is 16.5. The summed E-state index contributed by atoms with van der Waals surface area (Å²) in [5.74, 6) is 0. The van der Waals surface area contributed by atoms with Crippen LogP contribution in [0.5, 0.6) is 0 Å². The Bertz CT molecular complexity index is 46.8. The maximum atomic E-state index is 4.65. The van der Waals surface area contributed by atoms with Crippen LogP contribution in [0.2, 0.25) is 0 Å². The van der Waals surface area contributed by atoms with Crippen LogP contribution in [0.15, 0.2) is 4.99 Å². The average Bonchev–Trinajstić information content (AvgIpc) is 1.76. The molecule has 0 spiro atoms. The van der Waals surface area contributed by atoms with Crippen LogP contribution in [0.1, 0.15) is 0 Å². The van der Waals surface area contributed by atoms with E-state index in [1.165, 1.54) is 6.40 Å². The molecule has 0 N–H and O–H groups in total. The molecule has 0 aliphatic carbocycles. The number of hydrogen-bond donors (Lipinski definition) is 0. The van der Waals surface area contributed by atoms with E-state index < -0.39 is 0 Å². The molecule has 0 saturated carbocycles. The second-order valence-corrected chi connectivity index (χ2v) is 0.882. The fourth-order valence-electron chi connectivity index (χ4n) is 0.264. The molecule has 3 radical (unpaired) electrons. The molecule has 0 unspecified atom stereocenters. The number of ether oxygens (including phenoxy) is 1. The zero-order chi connectivity index (χ0) is 3.54. The van der Waals surface area contributed by atoms with Gasteiger partial charge in [-0.25, -0.2) is 0 Å². The van der Waals surface area contributed by atoms with Gasteiger partial charge in [0, 0.05) is 6.15 Å². The molecule has 1 aliphatic heterocycles. The van der Waals surface area contributed by atoms with Gasteiger partial charge in [0.15, 0.2) is 6.40 Å². The van der Waals surface area contributed by atoms with E-state index in [-0.39, 0.29) is 6.15 Å². The highest BCUT2D eigenvalue weighted by molar-refractivity contribution is 5.47. The molecule has 0 saturated heterocycles. The molecule has 0 bridgehead atoms. The summed E-state index contributed by atoms with van der Waals surface area (Å²) in [6.07, 6.45) is 1.49. The molecule has 0 aromatic rings. The summed E-state index contributed by atoms with van der Waals surface area (Å²) in [4.78, 5) is 3.74. The summed E-state index contributed by atoms with van der Waals surface area (Å²) in [7, 11) is 0. The molecule has 0 atom stereocenters. The van der Waals surface area contributed by atoms with Crippen molar-refractivity contribution in [1.82, 2.24) is 6.15 Å². The smallest absolute Gasteiger partial charge is 0.169 e. The Hall–Kier alpha value is -0.570. The Morgan fingerprint density at radius 1 is 1.67 bits per heavy atom. The fraction of sp³-hybridized carbons (Fsp3) is 0.667. The Morgan fingerprint density at radius 2 is 2.50 bits per heavy atom. The van der Waals surface area contributed by atoms with Crippen molar-refractivity contribution >= 4 is 6.40 Å². The van der Waals surface area contributed by atoms with Gasteiger partial charge in [0.1, 0.15) is 6.61 Å². The third kappa shape index (κ3) is 1.03. The van der Waals surface area contributed by atoms with Crippen LogP contribution in [-0.4, -0.2) is 19.6 Å². The van der Waals surface area contributed by atoms with Crippen molar-refractivity contribution < 1.29 is 4.74 Å². The maximum absolute atomic E-state index is 4.65. The van der Waals surface area contributed by atoms with Gasteiger partial charge in [-0.1, -0.05) is 0 Å². The third-order valence-corrected chi connectivity index (χ3v) is 0.487. The Morgan fingerprint density at radius 3 is 2.67 bits per heavy atom. The summed E-state index contributed by atoms with van der Waals surface area (Å²) in [5, 5.41) is 0. The molecule has 6 heavy (non-hydrogen) atoms. The number of aliphatic imine (C=N–C) groups is 1. The first kappa shape index (κ1) is 5.43. The Balaban J connectivity index is 0.000000250. The van der Waals surface area contributed by atoms with Gasteiger partial charge < -0.3 is 4.74 Å². The van der Waals surface area contributed by atoms with Crippen LogP contribution in [0, 0.1) is 0 Å². The van der Waals surface area contributed by atoms with Crippen LogP contribution in [-0.2, 0) is 4.74 Å². The van der Waals surface area contributed by atoms with E-state index in [4.69, 9.17) is 0 Å². The van der Waals surface area contributed by atoms with Crippen molar-refractivity contribution in [2.24, 2.45) is 4.99 Å². The van der Waals surface area contributed by atoms with E-state index >= 15 is 0 Å². The second kappa shape index (κ2) is 2.66. The average molecular weight is 85.1 g/mol. The minimum absolute atomic E-state index is 0. The second-order valence-electron chi connectivity index (χ2n) is 0.882. The van der Waals surface area contributed by atoms with E-state index in [9.17, 15) is 0 Å². The lowest BCUT2D eigenvalue weighted by atomic mass is 10.8. The summed E-state index contributed by atoms with van der Waals surface area (Å²) in [6.45, 7) is 1.62. The molecule has 0 aromatic heterocycles. The van der Waals surface area contributed by atoms with Crippen molar-refractivity contribution in [3.8, 4) is 0 Å². The highest BCUT2D eigenvalue weighted by Crippen LogP contribution is 1.78. The Kier molecular flexibility index (Phi) is 2.40. The molecule has 33 valence electrons. The molecule has 3 heteroatoms. The number of hydrogen-bond acceptors (Lipinski definition) is 2. The fourth-order valence-corrected chi connectivity index (χ4v) is 0.264. The normalized spacial score (nSPS) is 16.0. The van der Waals surface area contributed by atoms with Gasteiger partial charge in [-0.2, -0.15) is 0 Å². The van der Waals surface area contributed by atoms with Crippen molar-refractivity contribution in [3.05, 3.63) is 0 Å². The predicted octanol–water partition coefficient (Wildman–Crippen LogP) is -0.436. The van der Waals surface area contributed by atoms with Crippen LogP contribution in [0.4, 0.5) is 0 Å². The first-order chi connectivity index (χ1) is 2.50. The summed E-state index contributed by atoms with van der Waals surface area (Å²) in [6, 6.07) is 0. The first-order valence-corrected chi connectivity index (χ1v) is 1.60. The lowest BCUT2D eigenvalue weighted by Crippen LogP contribution is -1.80. The molecule has 1 heterocycles. The lowest BCUT2D eigenvalue weighted by molar-refractivity contribution is 0.361. The van der Waals surface area contributed by atoms with Crippen LogP contribution in [0.3, 0.4) is 0 Å². The minimum Gasteiger partial charge on any atom is -0.482 e. The zero-order valence-corrected chi connectivity index (χ0v) is 3.29. The van der Waals surface area contributed by atoms with Gasteiger partial charge in [0.05, 0.1) is 6.54 Å². The quantitative estimate of drug-likeness (QED) is 0.393. The number of rotatable bonds is 0. The third-order valence-electron chi connectivity index (χ3n) is 0.487. The van der Waals surface area contributed by atoms with Gasteiger partial charge in [-0.3, -0.25) is 4.99 Å². The summed E-state index contributed by atoms with van der Waals surface area (Å²) < 4.78 is 4.65. The Labute approximate surface area is 36.6 Å². The molecular weight excluding hydrogens is 80.0 g/mol. The zero-order valence-electron chi connectivity index (χ0n) is 3.29. The standard InChI is InChI=1S/C3H5NO.N/c1-2-5-3-4-1;/h3H,1-2H2;. The molecule has 1 aliphatic rings. The van der Waals surface area contributed by atoms with E-state index in [2.05, 4.69) is 9.73 Å². The van der Waals surface area contributed by atoms with Gasteiger partial charge in [0.25, 0.3) is 0 Å². The molecule has 3 nitrogen and oxygen atoms in total. The molecular formula is C3H5N2O. The van der Waals surface area contributed by atoms with Crippen molar-refractivity contribution in [3.63, 3.8) is 0 Å². The van der Waals surface area contributed by atoms with E-state index in [0.29, 0.717) is 0 Å². The van der Waals surface area contributed by atoms with Crippen molar-refractivity contribution in [1.29, 1.82) is 0 Å². The van der Waals surface area contributed by atoms with Crippen LogP contribution in [0.25, 0.3) is 0 Å². The summed E-state index contributed by atoms with van der Waals surface area (Å²) >= 11 is 0. The van der Waals surface area contributed by atoms with Crippen molar-refractivity contribution in [2.75, 3.05) is 13.2 Å². The minimum atomic E-state index is 0. The van der Waals surface area contributed by atoms with E-state index in [1.807, 2.05) is 0 Å². The van der Waals surface area contributed by atoms with Gasteiger partial charge in [-0.15, -0.1) is 0 Å². The van der Waals surface area contributed by atoms with Gasteiger partial charge in [-0.05, 0) is 0 Å². The van der Waals surface area contributed by atoms with Crippen LogP contribution >= 0.6 is 0 Å². The number of nitrogens with zero attached hydrogens (tertiary/aromatic N) is 2. The van der Waals surface area contributed by atoms with Gasteiger partial charge >= 0.3 is 0 Å². The monoisotopic (exact) mass is 85.0 g/mol. The SMILES string of the molecule is C1=NCCO1.[N]. The molecule has 1 rings (SSSR count). The first-order valence-electron chi connectivity index (χ1n) is 1.60. The molecule has 0 aromatic carbocycles.